The molecule has 0 aliphatic carbocycles. The number of thiazole rings is 1. The van der Waals surface area contributed by atoms with E-state index in [0.29, 0.717) is 24.7 Å². The number of aromatic nitrogens is 1. The molecule has 0 aliphatic rings. The van der Waals surface area contributed by atoms with Crippen molar-refractivity contribution >= 4 is 22.7 Å². The zero-order valence-corrected chi connectivity index (χ0v) is 16.7. The molecule has 0 fully saturated rings. The highest BCUT2D eigenvalue weighted by molar-refractivity contribution is 7.14. The van der Waals surface area contributed by atoms with Gasteiger partial charge in [-0.25, -0.2) is 4.98 Å². The van der Waals surface area contributed by atoms with Gasteiger partial charge in [0.1, 0.15) is 0 Å². The Morgan fingerprint density at radius 3 is 2.71 bits per heavy atom. The molecule has 7 heteroatoms. The van der Waals surface area contributed by atoms with Gasteiger partial charge in [0.05, 0.1) is 25.6 Å². The number of hydrazone groups is 1. The summed E-state index contributed by atoms with van der Waals surface area (Å²) in [6.07, 6.45) is 2.54. The maximum Gasteiger partial charge on any atom is 0.203 e. The molecule has 1 heterocycles. The molecular weight excluding hydrogens is 374 g/mol. The Bertz CT molecular complexity index is 897. The van der Waals surface area contributed by atoms with Crippen molar-refractivity contribution in [3.8, 4) is 22.8 Å². The van der Waals surface area contributed by atoms with Crippen LogP contribution in [0.4, 0.5) is 5.13 Å². The second-order valence-electron chi connectivity index (χ2n) is 5.88. The topological polar surface area (TPSA) is 65.0 Å². The lowest BCUT2D eigenvalue weighted by Crippen LogP contribution is -2.03. The van der Waals surface area contributed by atoms with Crippen molar-refractivity contribution in [1.82, 2.24) is 4.98 Å². The summed E-state index contributed by atoms with van der Waals surface area (Å²) in [5.41, 5.74) is 5.89. The van der Waals surface area contributed by atoms with Crippen LogP contribution in [0.2, 0.25) is 0 Å². The van der Waals surface area contributed by atoms with Crippen LogP contribution in [0.15, 0.2) is 59.0 Å². The Morgan fingerprint density at radius 2 is 1.93 bits per heavy atom. The van der Waals surface area contributed by atoms with Gasteiger partial charge < -0.3 is 14.2 Å². The summed E-state index contributed by atoms with van der Waals surface area (Å²) >= 11 is 1.51. The first-order valence-electron chi connectivity index (χ1n) is 8.90. The third kappa shape index (κ3) is 5.55. The molecule has 1 aromatic heterocycles. The number of methoxy groups -OCH3 is 2. The summed E-state index contributed by atoms with van der Waals surface area (Å²) in [7, 11) is 3.30. The molecule has 0 atom stereocenters. The van der Waals surface area contributed by atoms with Crippen LogP contribution in [0.1, 0.15) is 12.0 Å². The highest BCUT2D eigenvalue weighted by atomic mass is 32.1. The Kier molecular flexibility index (Phi) is 7.40. The molecule has 0 unspecified atom stereocenters. The van der Waals surface area contributed by atoms with Crippen molar-refractivity contribution in [3.05, 3.63) is 59.5 Å². The van der Waals surface area contributed by atoms with Crippen molar-refractivity contribution in [2.24, 2.45) is 5.10 Å². The zero-order valence-electron chi connectivity index (χ0n) is 15.9. The summed E-state index contributed by atoms with van der Waals surface area (Å²) in [6, 6.07) is 15.7. The minimum atomic E-state index is 0.560. The van der Waals surface area contributed by atoms with E-state index >= 15 is 0 Å². The second-order valence-corrected chi connectivity index (χ2v) is 6.74. The van der Waals surface area contributed by atoms with Gasteiger partial charge in [-0.3, -0.25) is 5.43 Å². The average molecular weight is 398 g/mol. The standard InChI is InChI=1S/C21H23N3O3S/c1-25-11-6-12-27-20-13-16(9-10-19(20)26-2)14-22-24-21-23-18(15-28-21)17-7-4-3-5-8-17/h3-5,7-10,13-15H,6,11-12H2,1-2H3,(H,23,24). The van der Waals surface area contributed by atoms with E-state index in [1.54, 1.807) is 20.4 Å². The summed E-state index contributed by atoms with van der Waals surface area (Å²) < 4.78 is 16.2. The molecule has 0 radical (unpaired) electrons. The van der Waals surface area contributed by atoms with E-state index in [1.165, 1.54) is 11.3 Å². The van der Waals surface area contributed by atoms with Crippen LogP contribution in [-0.2, 0) is 4.74 Å². The van der Waals surface area contributed by atoms with E-state index in [1.807, 2.05) is 53.9 Å². The van der Waals surface area contributed by atoms with Crippen molar-refractivity contribution in [3.63, 3.8) is 0 Å². The number of benzene rings is 2. The van der Waals surface area contributed by atoms with E-state index in [-0.39, 0.29) is 0 Å². The van der Waals surface area contributed by atoms with Crippen LogP contribution in [0.5, 0.6) is 11.5 Å². The average Bonchev–Trinajstić information content (AvgIpc) is 3.21. The quantitative estimate of drug-likeness (QED) is 0.306. The maximum absolute atomic E-state index is 5.79. The molecular formula is C21H23N3O3S. The van der Waals surface area contributed by atoms with Crippen LogP contribution < -0.4 is 14.9 Å². The molecule has 146 valence electrons. The van der Waals surface area contributed by atoms with Crippen molar-refractivity contribution in [2.75, 3.05) is 32.9 Å². The molecule has 2 aromatic carbocycles. The van der Waals surface area contributed by atoms with E-state index in [2.05, 4.69) is 15.5 Å². The Hall–Kier alpha value is -2.90. The number of hydrogen-bond donors (Lipinski definition) is 1. The van der Waals surface area contributed by atoms with Crippen molar-refractivity contribution < 1.29 is 14.2 Å². The first kappa shape index (κ1) is 19.9. The minimum Gasteiger partial charge on any atom is -0.493 e. The van der Waals surface area contributed by atoms with E-state index in [4.69, 9.17) is 14.2 Å². The molecule has 0 amide bonds. The molecule has 6 nitrogen and oxygen atoms in total. The van der Waals surface area contributed by atoms with Gasteiger partial charge in [-0.15, -0.1) is 11.3 Å². The van der Waals surface area contributed by atoms with Crippen LogP contribution in [0.25, 0.3) is 11.3 Å². The Balaban J connectivity index is 1.61. The van der Waals surface area contributed by atoms with Gasteiger partial charge in [-0.1, -0.05) is 30.3 Å². The van der Waals surface area contributed by atoms with Crippen molar-refractivity contribution in [2.45, 2.75) is 6.42 Å². The molecule has 0 saturated carbocycles. The molecule has 1 N–H and O–H groups in total. The maximum atomic E-state index is 5.79. The predicted molar refractivity (Wildman–Crippen MR) is 114 cm³/mol. The largest absolute Gasteiger partial charge is 0.493 e. The zero-order chi connectivity index (χ0) is 19.6. The van der Waals surface area contributed by atoms with Gasteiger partial charge in [0.25, 0.3) is 0 Å². The number of ether oxygens (including phenoxy) is 3. The lowest BCUT2D eigenvalue weighted by molar-refractivity contribution is 0.170. The fraction of sp³-hybridized carbons (Fsp3) is 0.238. The first-order chi connectivity index (χ1) is 13.8. The normalized spacial score (nSPS) is 10.9. The molecule has 0 aliphatic heterocycles. The summed E-state index contributed by atoms with van der Waals surface area (Å²) in [6.45, 7) is 1.22. The summed E-state index contributed by atoms with van der Waals surface area (Å²) in [4.78, 5) is 4.55. The van der Waals surface area contributed by atoms with Gasteiger partial charge >= 0.3 is 0 Å². The van der Waals surface area contributed by atoms with Gasteiger partial charge in [0.15, 0.2) is 11.5 Å². The van der Waals surface area contributed by atoms with Gasteiger partial charge in [0, 0.05) is 31.1 Å². The fourth-order valence-corrected chi connectivity index (χ4v) is 3.17. The number of nitrogens with zero attached hydrogens (tertiary/aromatic N) is 2. The summed E-state index contributed by atoms with van der Waals surface area (Å²) in [5, 5.41) is 7.02. The Labute approximate surface area is 168 Å². The van der Waals surface area contributed by atoms with Crippen LogP contribution >= 0.6 is 11.3 Å². The van der Waals surface area contributed by atoms with E-state index in [9.17, 15) is 0 Å². The fourth-order valence-electron chi connectivity index (χ4n) is 2.50. The lowest BCUT2D eigenvalue weighted by atomic mass is 10.2. The van der Waals surface area contributed by atoms with E-state index < -0.39 is 0 Å². The highest BCUT2D eigenvalue weighted by Gasteiger charge is 2.06. The van der Waals surface area contributed by atoms with Crippen molar-refractivity contribution in [1.29, 1.82) is 0 Å². The monoisotopic (exact) mass is 397 g/mol. The molecule has 3 rings (SSSR count). The SMILES string of the molecule is COCCCOc1cc(C=NNc2nc(-c3ccccc3)cs2)ccc1OC. The second kappa shape index (κ2) is 10.4. The number of anilines is 1. The molecule has 0 spiro atoms. The minimum absolute atomic E-state index is 0.560. The third-order valence-corrected chi connectivity index (χ3v) is 4.63. The highest BCUT2D eigenvalue weighted by Crippen LogP contribution is 2.28. The van der Waals surface area contributed by atoms with Gasteiger partial charge in [-0.2, -0.15) is 5.10 Å². The molecule has 28 heavy (non-hydrogen) atoms. The number of nitrogens with one attached hydrogen (secondary N) is 1. The van der Waals surface area contributed by atoms with Gasteiger partial charge in [0.2, 0.25) is 5.13 Å². The van der Waals surface area contributed by atoms with Crippen LogP contribution in [0, 0.1) is 0 Å². The molecule has 3 aromatic rings. The smallest absolute Gasteiger partial charge is 0.203 e. The third-order valence-electron chi connectivity index (χ3n) is 3.89. The number of rotatable bonds is 10. The Morgan fingerprint density at radius 1 is 1.07 bits per heavy atom. The predicted octanol–water partition coefficient (Wildman–Crippen LogP) is 4.68. The van der Waals surface area contributed by atoms with E-state index in [0.717, 1.165) is 28.4 Å². The van der Waals surface area contributed by atoms with Crippen LogP contribution in [-0.4, -0.2) is 38.6 Å². The first-order valence-corrected chi connectivity index (χ1v) is 9.78. The molecule has 0 saturated heterocycles. The lowest BCUT2D eigenvalue weighted by Gasteiger charge is -2.11. The van der Waals surface area contributed by atoms with Crippen LogP contribution in [0.3, 0.4) is 0 Å². The number of hydrogen-bond acceptors (Lipinski definition) is 7. The summed E-state index contributed by atoms with van der Waals surface area (Å²) in [5.74, 6) is 1.37. The molecule has 0 bridgehead atoms. The van der Waals surface area contributed by atoms with Gasteiger partial charge in [-0.05, 0) is 23.8 Å².